The second-order valence-electron chi connectivity index (χ2n) is 4.54. The number of hydrogen-bond acceptors (Lipinski definition) is 1. The highest BCUT2D eigenvalue weighted by Crippen LogP contribution is 2.11. The van der Waals surface area contributed by atoms with Gasteiger partial charge in [-0.25, -0.2) is 0 Å². The van der Waals surface area contributed by atoms with Crippen molar-refractivity contribution in [3.05, 3.63) is 12.7 Å². The molecule has 0 aliphatic rings. The van der Waals surface area contributed by atoms with Crippen molar-refractivity contribution in [2.75, 3.05) is 0 Å². The lowest BCUT2D eigenvalue weighted by Crippen LogP contribution is -2.25. The Morgan fingerprint density at radius 1 is 1.07 bits per heavy atom. The Hall–Kier alpha value is -0.300. The number of hydrogen-bond donors (Lipinski definition) is 1. The molecule has 2 N–H and O–H groups in total. The summed E-state index contributed by atoms with van der Waals surface area (Å²) in [7, 11) is 0. The molecule has 0 rings (SSSR count). The molecule has 84 valence electrons. The van der Waals surface area contributed by atoms with Crippen molar-refractivity contribution in [2.24, 2.45) is 11.7 Å². The molecule has 0 fully saturated rings. The van der Waals surface area contributed by atoms with Crippen LogP contribution < -0.4 is 5.73 Å². The van der Waals surface area contributed by atoms with E-state index in [1.165, 1.54) is 44.9 Å². The van der Waals surface area contributed by atoms with Crippen molar-refractivity contribution < 1.29 is 0 Å². The molecule has 1 nitrogen and oxygen atoms in total. The zero-order valence-electron chi connectivity index (χ0n) is 9.97. The van der Waals surface area contributed by atoms with Gasteiger partial charge in [0.1, 0.15) is 0 Å². The van der Waals surface area contributed by atoms with Crippen molar-refractivity contribution >= 4 is 0 Å². The largest absolute Gasteiger partial charge is 0.327 e. The van der Waals surface area contributed by atoms with Gasteiger partial charge < -0.3 is 5.73 Å². The minimum Gasteiger partial charge on any atom is -0.327 e. The zero-order chi connectivity index (χ0) is 10.8. The van der Waals surface area contributed by atoms with E-state index in [0.717, 1.165) is 0 Å². The molecule has 0 spiro atoms. The SMILES string of the molecule is C=CCCCCCCCC(N)C(C)C. The van der Waals surface area contributed by atoms with Crippen LogP contribution in [-0.2, 0) is 0 Å². The van der Waals surface area contributed by atoms with Crippen LogP contribution in [0.1, 0.15) is 58.8 Å². The average Bonchev–Trinajstić information content (AvgIpc) is 2.16. The topological polar surface area (TPSA) is 26.0 Å². The molecule has 0 bridgehead atoms. The van der Waals surface area contributed by atoms with Gasteiger partial charge >= 0.3 is 0 Å². The van der Waals surface area contributed by atoms with E-state index in [1.54, 1.807) is 0 Å². The Morgan fingerprint density at radius 3 is 2.21 bits per heavy atom. The maximum absolute atomic E-state index is 5.97. The summed E-state index contributed by atoms with van der Waals surface area (Å²) in [6.07, 6.45) is 11.0. The van der Waals surface area contributed by atoms with Crippen molar-refractivity contribution in [1.82, 2.24) is 0 Å². The number of allylic oxidation sites excluding steroid dienone is 1. The van der Waals surface area contributed by atoms with Crippen LogP contribution in [0.15, 0.2) is 12.7 Å². The minimum absolute atomic E-state index is 0.406. The Bertz CT molecular complexity index is 129. The molecule has 1 unspecified atom stereocenters. The van der Waals surface area contributed by atoms with Crippen LogP contribution in [-0.4, -0.2) is 6.04 Å². The monoisotopic (exact) mass is 197 g/mol. The molecule has 0 heterocycles. The molecule has 1 heteroatoms. The summed E-state index contributed by atoms with van der Waals surface area (Å²) in [5.74, 6) is 0.635. The molecule has 0 aliphatic carbocycles. The predicted molar refractivity (Wildman–Crippen MR) is 65.3 cm³/mol. The summed E-state index contributed by atoms with van der Waals surface area (Å²) in [6, 6.07) is 0.406. The van der Waals surface area contributed by atoms with Crippen LogP contribution in [0, 0.1) is 5.92 Å². The molecule has 1 atom stereocenters. The molecule has 0 aromatic carbocycles. The van der Waals surface area contributed by atoms with Gasteiger partial charge in [0.2, 0.25) is 0 Å². The normalized spacial score (nSPS) is 13.1. The van der Waals surface area contributed by atoms with E-state index in [0.29, 0.717) is 12.0 Å². The van der Waals surface area contributed by atoms with Gasteiger partial charge in [-0.05, 0) is 25.2 Å². The maximum atomic E-state index is 5.97. The summed E-state index contributed by atoms with van der Waals surface area (Å²) in [5, 5.41) is 0. The van der Waals surface area contributed by atoms with Crippen LogP contribution in [0.4, 0.5) is 0 Å². The van der Waals surface area contributed by atoms with E-state index < -0.39 is 0 Å². The summed E-state index contributed by atoms with van der Waals surface area (Å²) >= 11 is 0. The fourth-order valence-electron chi connectivity index (χ4n) is 1.53. The second-order valence-corrected chi connectivity index (χ2v) is 4.54. The smallest absolute Gasteiger partial charge is 0.00618 e. The molecular formula is C13H27N. The van der Waals surface area contributed by atoms with E-state index in [-0.39, 0.29) is 0 Å². The average molecular weight is 197 g/mol. The fourth-order valence-corrected chi connectivity index (χ4v) is 1.53. The molecule has 0 amide bonds. The first-order chi connectivity index (χ1) is 6.68. The van der Waals surface area contributed by atoms with Gasteiger partial charge in [0.05, 0.1) is 0 Å². The Morgan fingerprint density at radius 2 is 1.64 bits per heavy atom. The summed E-state index contributed by atoms with van der Waals surface area (Å²) < 4.78 is 0. The first-order valence-electron chi connectivity index (χ1n) is 6.05. The van der Waals surface area contributed by atoms with Gasteiger partial charge in [0.15, 0.2) is 0 Å². The van der Waals surface area contributed by atoms with E-state index in [4.69, 9.17) is 5.73 Å². The molecule has 0 saturated heterocycles. The summed E-state index contributed by atoms with van der Waals surface area (Å²) in [5.41, 5.74) is 5.97. The quantitative estimate of drug-likeness (QED) is 0.440. The van der Waals surface area contributed by atoms with Crippen molar-refractivity contribution in [1.29, 1.82) is 0 Å². The van der Waals surface area contributed by atoms with E-state index in [1.807, 2.05) is 6.08 Å². The van der Waals surface area contributed by atoms with Crippen LogP contribution in [0.2, 0.25) is 0 Å². The molecule has 0 saturated carbocycles. The third kappa shape index (κ3) is 8.31. The van der Waals surface area contributed by atoms with Crippen molar-refractivity contribution in [3.63, 3.8) is 0 Å². The lowest BCUT2D eigenvalue weighted by atomic mass is 9.98. The Balaban J connectivity index is 3.09. The molecule has 0 aromatic rings. The first-order valence-corrected chi connectivity index (χ1v) is 6.05. The molecular weight excluding hydrogens is 170 g/mol. The maximum Gasteiger partial charge on any atom is 0.00618 e. The highest BCUT2D eigenvalue weighted by molar-refractivity contribution is 4.66. The van der Waals surface area contributed by atoms with E-state index in [9.17, 15) is 0 Å². The Labute approximate surface area is 89.8 Å². The van der Waals surface area contributed by atoms with Crippen LogP contribution in [0.25, 0.3) is 0 Å². The van der Waals surface area contributed by atoms with Crippen LogP contribution >= 0.6 is 0 Å². The van der Waals surface area contributed by atoms with Gasteiger partial charge in [-0.15, -0.1) is 6.58 Å². The van der Waals surface area contributed by atoms with Gasteiger partial charge in [0.25, 0.3) is 0 Å². The van der Waals surface area contributed by atoms with Gasteiger partial charge in [0, 0.05) is 6.04 Å². The third-order valence-electron chi connectivity index (χ3n) is 2.80. The van der Waals surface area contributed by atoms with Crippen LogP contribution in [0.3, 0.4) is 0 Å². The number of rotatable bonds is 9. The Kier molecular flexibility index (Phi) is 9.06. The number of unbranched alkanes of at least 4 members (excludes halogenated alkanes) is 5. The summed E-state index contributed by atoms with van der Waals surface area (Å²) in [6.45, 7) is 8.13. The van der Waals surface area contributed by atoms with Gasteiger partial charge in [-0.2, -0.15) is 0 Å². The fraction of sp³-hybridized carbons (Fsp3) is 0.846. The van der Waals surface area contributed by atoms with E-state index >= 15 is 0 Å². The van der Waals surface area contributed by atoms with Crippen molar-refractivity contribution in [3.8, 4) is 0 Å². The third-order valence-corrected chi connectivity index (χ3v) is 2.80. The lowest BCUT2D eigenvalue weighted by molar-refractivity contribution is 0.440. The van der Waals surface area contributed by atoms with Gasteiger partial charge in [-0.3, -0.25) is 0 Å². The first kappa shape index (κ1) is 13.7. The highest BCUT2D eigenvalue weighted by atomic mass is 14.6. The highest BCUT2D eigenvalue weighted by Gasteiger charge is 2.05. The van der Waals surface area contributed by atoms with Crippen LogP contribution in [0.5, 0.6) is 0 Å². The van der Waals surface area contributed by atoms with E-state index in [2.05, 4.69) is 20.4 Å². The van der Waals surface area contributed by atoms with Crippen molar-refractivity contribution in [2.45, 2.75) is 64.8 Å². The lowest BCUT2D eigenvalue weighted by Gasteiger charge is -2.14. The van der Waals surface area contributed by atoms with Gasteiger partial charge in [-0.1, -0.05) is 45.6 Å². The summed E-state index contributed by atoms with van der Waals surface area (Å²) in [4.78, 5) is 0. The predicted octanol–water partition coefficient (Wildman–Crippen LogP) is 3.89. The zero-order valence-corrected chi connectivity index (χ0v) is 9.97. The molecule has 0 aromatic heterocycles. The number of nitrogens with two attached hydrogens (primary N) is 1. The second kappa shape index (κ2) is 9.26. The standard InChI is InChI=1S/C13H27N/c1-4-5-6-7-8-9-10-11-13(14)12(2)3/h4,12-13H,1,5-11,14H2,2-3H3. The molecule has 14 heavy (non-hydrogen) atoms. The minimum atomic E-state index is 0.406. The molecule has 0 radical (unpaired) electrons. The molecule has 0 aliphatic heterocycles.